The molecule has 0 aliphatic carbocycles. The standard InChI is InChI=1S/C12H15BrN2O3/c1-15(7-10(14)16)11(12(17)18-2)8-3-5-9(13)6-4-8/h3-6,11H,7H2,1-2H3,(H2,14,16)/t11-/m1/s1. The Hall–Kier alpha value is -1.40. The van der Waals surface area contributed by atoms with E-state index in [1.54, 1.807) is 24.1 Å². The van der Waals surface area contributed by atoms with Crippen molar-refractivity contribution in [1.29, 1.82) is 0 Å². The normalized spacial score (nSPS) is 12.2. The maximum atomic E-state index is 11.8. The maximum Gasteiger partial charge on any atom is 0.327 e. The number of hydrogen-bond acceptors (Lipinski definition) is 4. The highest BCUT2D eigenvalue weighted by Gasteiger charge is 2.26. The number of amides is 1. The van der Waals surface area contributed by atoms with Crippen LogP contribution in [-0.2, 0) is 14.3 Å². The minimum absolute atomic E-state index is 0.0180. The fourth-order valence-corrected chi connectivity index (χ4v) is 1.93. The summed E-state index contributed by atoms with van der Waals surface area (Å²) >= 11 is 3.32. The summed E-state index contributed by atoms with van der Waals surface area (Å²) in [5, 5.41) is 0. The second kappa shape index (κ2) is 6.51. The van der Waals surface area contributed by atoms with Crippen molar-refractivity contribution >= 4 is 27.8 Å². The Kier molecular flexibility index (Phi) is 5.30. The highest BCUT2D eigenvalue weighted by molar-refractivity contribution is 9.10. The topological polar surface area (TPSA) is 72.6 Å². The Morgan fingerprint density at radius 2 is 1.94 bits per heavy atom. The minimum Gasteiger partial charge on any atom is -0.468 e. The van der Waals surface area contributed by atoms with E-state index in [1.807, 2.05) is 12.1 Å². The van der Waals surface area contributed by atoms with Gasteiger partial charge >= 0.3 is 5.97 Å². The Bertz CT molecular complexity index is 433. The Balaban J connectivity index is 3.01. The van der Waals surface area contributed by atoms with Gasteiger partial charge < -0.3 is 10.5 Å². The summed E-state index contributed by atoms with van der Waals surface area (Å²) < 4.78 is 5.66. The van der Waals surface area contributed by atoms with Gasteiger partial charge in [0.05, 0.1) is 13.7 Å². The van der Waals surface area contributed by atoms with Gasteiger partial charge in [-0.15, -0.1) is 0 Å². The predicted molar refractivity (Wildman–Crippen MR) is 70.7 cm³/mol. The summed E-state index contributed by atoms with van der Waals surface area (Å²) in [6, 6.07) is 6.59. The molecule has 2 N–H and O–H groups in total. The predicted octanol–water partition coefficient (Wildman–Crippen LogP) is 1.08. The lowest BCUT2D eigenvalue weighted by Crippen LogP contribution is -2.37. The number of hydrogen-bond donors (Lipinski definition) is 1. The molecule has 0 spiro atoms. The molecule has 5 nitrogen and oxygen atoms in total. The van der Waals surface area contributed by atoms with Gasteiger partial charge in [0.25, 0.3) is 0 Å². The van der Waals surface area contributed by atoms with Gasteiger partial charge in [-0.25, -0.2) is 4.79 Å². The molecule has 0 aliphatic heterocycles. The van der Waals surface area contributed by atoms with Crippen LogP contribution < -0.4 is 5.73 Å². The molecule has 0 fully saturated rings. The number of primary amides is 1. The lowest BCUT2D eigenvalue weighted by Gasteiger charge is -2.25. The van der Waals surface area contributed by atoms with Gasteiger partial charge in [0.2, 0.25) is 5.91 Å². The van der Waals surface area contributed by atoms with Gasteiger partial charge in [-0.05, 0) is 24.7 Å². The summed E-state index contributed by atoms with van der Waals surface area (Å²) in [5.41, 5.74) is 5.88. The molecule has 0 heterocycles. The van der Waals surface area contributed by atoms with Crippen molar-refractivity contribution in [3.63, 3.8) is 0 Å². The molecule has 1 aromatic carbocycles. The van der Waals surface area contributed by atoms with E-state index < -0.39 is 17.9 Å². The lowest BCUT2D eigenvalue weighted by atomic mass is 10.1. The molecule has 0 unspecified atom stereocenters. The lowest BCUT2D eigenvalue weighted by molar-refractivity contribution is -0.147. The highest BCUT2D eigenvalue weighted by Crippen LogP contribution is 2.22. The third-order valence-electron chi connectivity index (χ3n) is 2.46. The molecule has 0 saturated heterocycles. The molecule has 1 amide bonds. The van der Waals surface area contributed by atoms with E-state index in [4.69, 9.17) is 10.5 Å². The molecule has 0 saturated carbocycles. The monoisotopic (exact) mass is 314 g/mol. The number of halogens is 1. The number of ether oxygens (including phenoxy) is 1. The molecule has 1 aromatic rings. The molecular formula is C12H15BrN2O3. The number of nitrogens with two attached hydrogens (primary N) is 1. The third-order valence-corrected chi connectivity index (χ3v) is 2.98. The van der Waals surface area contributed by atoms with Crippen molar-refractivity contribution in [2.75, 3.05) is 20.7 Å². The van der Waals surface area contributed by atoms with Gasteiger partial charge in [-0.1, -0.05) is 28.1 Å². The second-order valence-corrected chi connectivity index (χ2v) is 4.77. The van der Waals surface area contributed by atoms with E-state index in [0.29, 0.717) is 0 Å². The summed E-state index contributed by atoms with van der Waals surface area (Å²) in [5.74, 6) is -0.926. The summed E-state index contributed by atoms with van der Waals surface area (Å²) in [6.45, 7) is -0.0180. The Morgan fingerprint density at radius 1 is 1.39 bits per heavy atom. The number of methoxy groups -OCH3 is 1. The molecule has 0 radical (unpaired) electrons. The molecule has 1 rings (SSSR count). The zero-order chi connectivity index (χ0) is 13.7. The third kappa shape index (κ3) is 3.82. The second-order valence-electron chi connectivity index (χ2n) is 3.86. The molecule has 98 valence electrons. The van der Waals surface area contributed by atoms with Crippen molar-refractivity contribution in [1.82, 2.24) is 4.90 Å². The van der Waals surface area contributed by atoms with E-state index in [0.717, 1.165) is 10.0 Å². The first-order valence-corrected chi connectivity index (χ1v) is 6.07. The Morgan fingerprint density at radius 3 is 2.39 bits per heavy atom. The average molecular weight is 315 g/mol. The summed E-state index contributed by atoms with van der Waals surface area (Å²) in [7, 11) is 2.96. The van der Waals surface area contributed by atoms with Crippen LogP contribution in [0.1, 0.15) is 11.6 Å². The summed E-state index contributed by atoms with van der Waals surface area (Å²) in [6.07, 6.45) is 0. The first-order valence-electron chi connectivity index (χ1n) is 5.27. The molecule has 0 aromatic heterocycles. The van der Waals surface area contributed by atoms with Crippen LogP contribution in [0.4, 0.5) is 0 Å². The van der Waals surface area contributed by atoms with Crippen LogP contribution in [0.25, 0.3) is 0 Å². The Labute approximate surface area is 114 Å². The quantitative estimate of drug-likeness (QED) is 0.825. The van der Waals surface area contributed by atoms with E-state index in [-0.39, 0.29) is 6.54 Å². The maximum absolute atomic E-state index is 11.8. The smallest absolute Gasteiger partial charge is 0.327 e. The fraction of sp³-hybridized carbons (Fsp3) is 0.333. The van der Waals surface area contributed by atoms with Crippen LogP contribution >= 0.6 is 15.9 Å². The molecule has 0 aliphatic rings. The van der Waals surface area contributed by atoms with Gasteiger partial charge in [0, 0.05) is 4.47 Å². The van der Waals surface area contributed by atoms with E-state index in [1.165, 1.54) is 7.11 Å². The van der Waals surface area contributed by atoms with Gasteiger partial charge in [0.1, 0.15) is 6.04 Å². The van der Waals surface area contributed by atoms with Crippen molar-refractivity contribution in [3.05, 3.63) is 34.3 Å². The number of carbonyl (C=O) groups excluding carboxylic acids is 2. The number of rotatable bonds is 5. The van der Waals surface area contributed by atoms with Gasteiger partial charge in [-0.2, -0.15) is 0 Å². The number of carbonyl (C=O) groups is 2. The van der Waals surface area contributed by atoms with Gasteiger partial charge in [-0.3, -0.25) is 9.69 Å². The molecule has 1 atom stereocenters. The largest absolute Gasteiger partial charge is 0.468 e. The number of benzene rings is 1. The van der Waals surface area contributed by atoms with Crippen LogP contribution in [0.3, 0.4) is 0 Å². The molecule has 0 bridgehead atoms. The van der Waals surface area contributed by atoms with Crippen molar-refractivity contribution < 1.29 is 14.3 Å². The van der Waals surface area contributed by atoms with Gasteiger partial charge in [0.15, 0.2) is 0 Å². The summed E-state index contributed by atoms with van der Waals surface area (Å²) in [4.78, 5) is 24.3. The first kappa shape index (κ1) is 14.7. The van der Waals surface area contributed by atoms with Crippen LogP contribution in [0, 0.1) is 0 Å². The zero-order valence-corrected chi connectivity index (χ0v) is 11.8. The number of nitrogens with zero attached hydrogens (tertiary/aromatic N) is 1. The minimum atomic E-state index is -0.643. The highest BCUT2D eigenvalue weighted by atomic mass is 79.9. The van der Waals surface area contributed by atoms with E-state index in [2.05, 4.69) is 15.9 Å². The SMILES string of the molecule is COC(=O)[C@@H](c1ccc(Br)cc1)N(C)CC(N)=O. The zero-order valence-electron chi connectivity index (χ0n) is 10.2. The molecule has 18 heavy (non-hydrogen) atoms. The van der Waals surface area contributed by atoms with Crippen LogP contribution in [0.5, 0.6) is 0 Å². The average Bonchev–Trinajstić information content (AvgIpc) is 2.30. The van der Waals surface area contributed by atoms with Crippen molar-refractivity contribution in [3.8, 4) is 0 Å². The molecule has 6 heteroatoms. The van der Waals surface area contributed by atoms with Crippen molar-refractivity contribution in [2.45, 2.75) is 6.04 Å². The van der Waals surface area contributed by atoms with Crippen LogP contribution in [-0.4, -0.2) is 37.5 Å². The van der Waals surface area contributed by atoms with Crippen LogP contribution in [0.2, 0.25) is 0 Å². The fourth-order valence-electron chi connectivity index (χ4n) is 1.66. The first-order chi connectivity index (χ1) is 8.45. The number of likely N-dealkylation sites (N-methyl/N-ethyl adjacent to an activating group) is 1. The van der Waals surface area contributed by atoms with Crippen LogP contribution in [0.15, 0.2) is 28.7 Å². The van der Waals surface area contributed by atoms with E-state index in [9.17, 15) is 9.59 Å². The number of esters is 1. The van der Waals surface area contributed by atoms with E-state index >= 15 is 0 Å². The molecular weight excluding hydrogens is 300 g/mol. The van der Waals surface area contributed by atoms with Crippen molar-refractivity contribution in [2.24, 2.45) is 5.73 Å².